The first-order valence-electron chi connectivity index (χ1n) is 2.78. The smallest absolute Gasteiger partial charge is 0.104 e. The van der Waals surface area contributed by atoms with Gasteiger partial charge in [0.05, 0.1) is 11.4 Å². The highest BCUT2D eigenvalue weighted by Gasteiger charge is 2.32. The molecule has 1 heterocycles. The molecule has 0 atom stereocenters. The van der Waals surface area contributed by atoms with E-state index in [1.165, 1.54) is 0 Å². The summed E-state index contributed by atoms with van der Waals surface area (Å²) < 4.78 is 0. The predicted octanol–water partition coefficient (Wildman–Crippen LogP) is -2.28. The Morgan fingerprint density at radius 3 is 1.09 bits per heavy atom. The number of hydrogen-bond acceptors (Lipinski definition) is 6. The zero-order chi connectivity index (χ0) is 8.81. The molecule has 1 aliphatic rings. The lowest BCUT2D eigenvalue weighted by Gasteiger charge is -2.26. The van der Waals surface area contributed by atoms with Gasteiger partial charge >= 0.3 is 0 Å². The van der Waals surface area contributed by atoms with Crippen LogP contribution in [0.1, 0.15) is 0 Å². The molecule has 0 saturated carbocycles. The van der Waals surface area contributed by atoms with Crippen molar-refractivity contribution < 1.29 is 0 Å². The minimum absolute atomic E-state index is 0.201. The van der Waals surface area contributed by atoms with Crippen LogP contribution < -0.4 is 33.2 Å². The molecule has 11 heavy (non-hydrogen) atoms. The maximum absolute atomic E-state index is 5.58. The predicted molar refractivity (Wildman–Crippen MR) is 46.8 cm³/mol. The highest BCUT2D eigenvalue weighted by Crippen LogP contribution is 2.49. The van der Waals surface area contributed by atoms with Gasteiger partial charge in [0.2, 0.25) is 0 Å². The summed E-state index contributed by atoms with van der Waals surface area (Å²) in [6, 6.07) is 0. The van der Waals surface area contributed by atoms with Gasteiger partial charge in [-0.25, -0.2) is 0 Å². The van der Waals surface area contributed by atoms with Crippen LogP contribution in [-0.4, -0.2) is 0 Å². The Morgan fingerprint density at radius 1 is 0.727 bits per heavy atom. The van der Waals surface area contributed by atoms with E-state index in [9.17, 15) is 0 Å². The summed E-state index contributed by atoms with van der Waals surface area (Å²) in [5, 5.41) is 11.6. The van der Waals surface area contributed by atoms with Crippen LogP contribution in [0.3, 0.4) is 0 Å². The van der Waals surface area contributed by atoms with Gasteiger partial charge in [0.25, 0.3) is 0 Å². The van der Waals surface area contributed by atoms with Crippen molar-refractivity contribution in [1.29, 1.82) is 0 Å². The lowest BCUT2D eigenvalue weighted by Crippen LogP contribution is -2.29. The van der Waals surface area contributed by atoms with E-state index < -0.39 is 10.4 Å². The largest absolute Gasteiger partial charge is 0.395 e. The molecule has 12 N–H and O–H groups in total. The molecule has 0 saturated heterocycles. The number of rotatable bonds is 0. The Morgan fingerprint density at radius 2 is 1.00 bits per heavy atom. The van der Waals surface area contributed by atoms with Crippen molar-refractivity contribution in [1.82, 2.24) is 0 Å². The van der Waals surface area contributed by atoms with Crippen molar-refractivity contribution in [3.8, 4) is 0 Å². The van der Waals surface area contributed by atoms with Crippen molar-refractivity contribution in [3.05, 3.63) is 21.5 Å². The molecule has 0 aromatic carbocycles. The monoisotopic (exact) mass is 176 g/mol. The third-order valence-corrected chi connectivity index (χ3v) is 3.44. The zero-order valence-corrected chi connectivity index (χ0v) is 6.69. The van der Waals surface area contributed by atoms with E-state index in [1.54, 1.807) is 0 Å². The highest BCUT2D eigenvalue weighted by atomic mass is 32.3. The molecule has 0 aliphatic carbocycles. The Balaban J connectivity index is 3.27. The Hall–Kier alpha value is -1.05. The molecule has 0 bridgehead atoms. The van der Waals surface area contributed by atoms with Crippen LogP contribution in [0.4, 0.5) is 0 Å². The summed E-state index contributed by atoms with van der Waals surface area (Å²) in [5.74, 6) is 0. The van der Waals surface area contributed by atoms with E-state index in [2.05, 4.69) is 0 Å². The minimum Gasteiger partial charge on any atom is -0.395 e. The maximum atomic E-state index is 5.58. The van der Waals surface area contributed by atoms with Crippen LogP contribution in [-0.2, 0) is 0 Å². The van der Waals surface area contributed by atoms with Gasteiger partial charge < -0.3 is 22.9 Å². The average Bonchev–Trinajstić information content (AvgIpc) is 2.06. The Labute approximate surface area is 65.8 Å². The molecule has 0 unspecified atom stereocenters. The fourth-order valence-electron chi connectivity index (χ4n) is 0.748. The fraction of sp³-hybridized carbons (Fsp3) is 0. The van der Waals surface area contributed by atoms with E-state index in [0.29, 0.717) is 0 Å². The number of nitrogens with two attached hydrogens (primary N) is 6. The van der Waals surface area contributed by atoms with Gasteiger partial charge in [0, 0.05) is 0 Å². The summed E-state index contributed by atoms with van der Waals surface area (Å²) >= 11 is 0. The lowest BCUT2D eigenvalue weighted by molar-refractivity contribution is 1.20. The molecule has 1 aliphatic heterocycles. The van der Waals surface area contributed by atoms with Crippen LogP contribution in [0.5, 0.6) is 0 Å². The quantitative estimate of drug-likeness (QED) is 0.244. The van der Waals surface area contributed by atoms with Gasteiger partial charge in [-0.1, -0.05) is 0 Å². The number of hydrogen-bond donors (Lipinski definition) is 6. The second-order valence-corrected chi connectivity index (χ2v) is 4.56. The zero-order valence-electron chi connectivity index (χ0n) is 5.87. The molecular formula is C4H12N6S. The van der Waals surface area contributed by atoms with Gasteiger partial charge in [0.1, 0.15) is 10.1 Å². The molecule has 1 rings (SSSR count). The van der Waals surface area contributed by atoms with Gasteiger partial charge in [-0.3, -0.25) is 10.3 Å². The third kappa shape index (κ3) is 0.821. The average molecular weight is 176 g/mol. The van der Waals surface area contributed by atoms with Crippen LogP contribution >= 0.6 is 10.4 Å². The van der Waals surface area contributed by atoms with Crippen LogP contribution in [0, 0.1) is 0 Å². The van der Waals surface area contributed by atoms with Gasteiger partial charge in [-0.2, -0.15) is 0 Å². The normalized spacial score (nSPS) is 26.0. The van der Waals surface area contributed by atoms with Gasteiger partial charge in [-0.05, 0) is 10.4 Å². The lowest BCUT2D eigenvalue weighted by atomic mass is 10.4. The van der Waals surface area contributed by atoms with Crippen molar-refractivity contribution in [2.75, 3.05) is 0 Å². The van der Waals surface area contributed by atoms with Crippen molar-refractivity contribution in [2.24, 2.45) is 33.2 Å². The van der Waals surface area contributed by atoms with Crippen molar-refractivity contribution >= 4 is 10.4 Å². The van der Waals surface area contributed by atoms with E-state index in [0.717, 1.165) is 0 Å². The van der Waals surface area contributed by atoms with Crippen LogP contribution in [0.25, 0.3) is 0 Å². The maximum Gasteiger partial charge on any atom is 0.104 e. The molecule has 0 aromatic heterocycles. The van der Waals surface area contributed by atoms with Crippen LogP contribution in [0.15, 0.2) is 21.5 Å². The molecule has 0 radical (unpaired) electrons. The molecule has 7 heteroatoms. The molecule has 0 fully saturated rings. The highest BCUT2D eigenvalue weighted by molar-refractivity contribution is 8.36. The van der Waals surface area contributed by atoms with E-state index in [1.807, 2.05) is 0 Å². The first-order valence-corrected chi connectivity index (χ1v) is 4.54. The summed E-state index contributed by atoms with van der Waals surface area (Å²) in [7, 11) is -2.24. The summed E-state index contributed by atoms with van der Waals surface area (Å²) in [4.78, 5) is 0. The Kier molecular flexibility index (Phi) is 1.44. The molecule has 0 amide bonds. The molecule has 0 aromatic rings. The van der Waals surface area contributed by atoms with Gasteiger partial charge in [0.15, 0.2) is 0 Å². The minimum atomic E-state index is -2.24. The topological polar surface area (TPSA) is 156 Å². The van der Waals surface area contributed by atoms with E-state index in [-0.39, 0.29) is 21.5 Å². The standard InChI is InChI=1S/C4H12N6S/c5-1-2(6)4(8)11(9,10)3(1)7/h5-10H2. The SMILES string of the molecule is NC1=C(N)S(N)(N)C(N)=C1N. The van der Waals surface area contributed by atoms with Crippen molar-refractivity contribution in [2.45, 2.75) is 0 Å². The van der Waals surface area contributed by atoms with Gasteiger partial charge in [-0.15, -0.1) is 0 Å². The summed E-state index contributed by atoms with van der Waals surface area (Å²) in [6.07, 6.45) is 0. The fourth-order valence-corrected chi connectivity index (χ4v) is 1.93. The van der Waals surface area contributed by atoms with E-state index >= 15 is 0 Å². The van der Waals surface area contributed by atoms with Crippen LogP contribution in [0.2, 0.25) is 0 Å². The molecular weight excluding hydrogens is 164 g/mol. The first kappa shape index (κ1) is 8.05. The van der Waals surface area contributed by atoms with E-state index in [4.69, 9.17) is 33.2 Å². The molecule has 0 spiro atoms. The second kappa shape index (κ2) is 1.97. The summed E-state index contributed by atoms with van der Waals surface area (Å²) in [6.45, 7) is 0. The summed E-state index contributed by atoms with van der Waals surface area (Å²) in [5.41, 5.74) is 22.3. The molecule has 6 nitrogen and oxygen atoms in total. The van der Waals surface area contributed by atoms with Crippen molar-refractivity contribution in [3.63, 3.8) is 0 Å². The third-order valence-electron chi connectivity index (χ3n) is 1.55. The first-order chi connectivity index (χ1) is 4.89. The Bertz CT molecular complexity index is 238. The second-order valence-electron chi connectivity index (χ2n) is 2.27. The molecule has 64 valence electrons.